The molecule has 0 saturated heterocycles. The maximum absolute atomic E-state index is 3.56. The normalized spacial score (nSPS) is 23.0. The summed E-state index contributed by atoms with van der Waals surface area (Å²) in [5.74, 6) is 0. The molecule has 0 radical (unpaired) electrons. The minimum absolute atomic E-state index is 0.509. The molecule has 0 aromatic rings. The Balaban J connectivity index is 2.55. The zero-order valence-electron chi connectivity index (χ0n) is 5.95. The Hall–Kier alpha value is 0.700. The molecule has 0 nitrogen and oxygen atoms in total. The second-order valence-electron chi connectivity index (χ2n) is 2.98. The van der Waals surface area contributed by atoms with E-state index in [2.05, 4.69) is 44.0 Å². The Morgan fingerprint density at radius 3 is 2.20 bits per heavy atom. The summed E-state index contributed by atoms with van der Waals surface area (Å²) in [6, 6.07) is 0. The van der Waals surface area contributed by atoms with Gasteiger partial charge < -0.3 is 0 Å². The molecular weight excluding hydrogens is 256 g/mol. The van der Waals surface area contributed by atoms with Crippen LogP contribution in [0.3, 0.4) is 0 Å². The Bertz CT molecular complexity index is 125. The largest absolute Gasteiger partial charge is 0.0922 e. The Labute approximate surface area is 79.3 Å². The Kier molecular flexibility index (Phi) is 3.44. The average Bonchev–Trinajstić information content (AvgIpc) is 2.06. The van der Waals surface area contributed by atoms with E-state index in [4.69, 9.17) is 0 Å². The van der Waals surface area contributed by atoms with Crippen molar-refractivity contribution in [3.8, 4) is 0 Å². The third-order valence-corrected chi connectivity index (χ3v) is 4.50. The molecule has 1 aliphatic carbocycles. The topological polar surface area (TPSA) is 0 Å². The van der Waals surface area contributed by atoms with Crippen molar-refractivity contribution in [3.63, 3.8) is 0 Å². The van der Waals surface area contributed by atoms with Crippen molar-refractivity contribution in [3.05, 3.63) is 12.2 Å². The van der Waals surface area contributed by atoms with Gasteiger partial charge >= 0.3 is 0 Å². The van der Waals surface area contributed by atoms with E-state index in [0.717, 1.165) is 10.7 Å². The van der Waals surface area contributed by atoms with Crippen LogP contribution in [0.1, 0.15) is 19.3 Å². The van der Waals surface area contributed by atoms with Gasteiger partial charge in [0.15, 0.2) is 0 Å². The fourth-order valence-electron chi connectivity index (χ4n) is 1.22. The molecule has 0 unspecified atom stereocenters. The number of hydrogen-bond acceptors (Lipinski definition) is 0. The summed E-state index contributed by atoms with van der Waals surface area (Å²) in [5, 5.41) is 2.24. The number of halogens is 2. The maximum atomic E-state index is 3.56. The molecule has 10 heavy (non-hydrogen) atoms. The van der Waals surface area contributed by atoms with Crippen molar-refractivity contribution in [1.82, 2.24) is 0 Å². The highest BCUT2D eigenvalue weighted by Crippen LogP contribution is 2.35. The van der Waals surface area contributed by atoms with E-state index in [1.807, 2.05) is 0 Å². The van der Waals surface area contributed by atoms with Crippen LogP contribution in [0.4, 0.5) is 0 Å². The molecule has 0 fully saturated rings. The van der Waals surface area contributed by atoms with E-state index in [-0.39, 0.29) is 0 Å². The van der Waals surface area contributed by atoms with Crippen molar-refractivity contribution in [2.75, 3.05) is 10.7 Å². The Morgan fingerprint density at radius 2 is 1.90 bits per heavy atom. The second-order valence-corrected chi connectivity index (χ2v) is 4.10. The minimum Gasteiger partial charge on any atom is -0.0922 e. The molecule has 0 spiro atoms. The summed E-state index contributed by atoms with van der Waals surface area (Å²) in [7, 11) is 0. The predicted molar refractivity (Wildman–Crippen MR) is 53.0 cm³/mol. The van der Waals surface area contributed by atoms with E-state index in [1.165, 1.54) is 19.3 Å². The molecule has 1 rings (SSSR count). The first-order valence-electron chi connectivity index (χ1n) is 3.60. The maximum Gasteiger partial charge on any atom is 0.00990 e. The highest BCUT2D eigenvalue weighted by atomic mass is 79.9. The standard InChI is InChI=1S/C8H12Br2/c9-6-8(7-10)4-2-1-3-5-8/h1-2H,3-7H2. The van der Waals surface area contributed by atoms with Crippen LogP contribution in [0.5, 0.6) is 0 Å². The lowest BCUT2D eigenvalue weighted by Crippen LogP contribution is -2.25. The zero-order valence-corrected chi connectivity index (χ0v) is 9.12. The van der Waals surface area contributed by atoms with Gasteiger partial charge in [0, 0.05) is 10.7 Å². The van der Waals surface area contributed by atoms with Gasteiger partial charge in [-0.1, -0.05) is 44.0 Å². The molecule has 0 heterocycles. The van der Waals surface area contributed by atoms with Crippen molar-refractivity contribution in [2.45, 2.75) is 19.3 Å². The van der Waals surface area contributed by atoms with Crippen LogP contribution in [0.15, 0.2) is 12.2 Å². The molecular formula is C8H12Br2. The molecule has 1 aliphatic rings. The van der Waals surface area contributed by atoms with Gasteiger partial charge in [0.1, 0.15) is 0 Å². The lowest BCUT2D eigenvalue weighted by molar-refractivity contribution is 0.354. The van der Waals surface area contributed by atoms with Gasteiger partial charge in [0.05, 0.1) is 0 Å². The first-order chi connectivity index (χ1) is 4.83. The van der Waals surface area contributed by atoms with Gasteiger partial charge in [-0.2, -0.15) is 0 Å². The van der Waals surface area contributed by atoms with Gasteiger partial charge in [-0.25, -0.2) is 0 Å². The van der Waals surface area contributed by atoms with Crippen LogP contribution in [0.2, 0.25) is 0 Å². The van der Waals surface area contributed by atoms with Gasteiger partial charge in [-0.3, -0.25) is 0 Å². The van der Waals surface area contributed by atoms with Gasteiger partial charge in [-0.15, -0.1) is 0 Å². The molecule has 0 bridgehead atoms. The highest BCUT2D eigenvalue weighted by Gasteiger charge is 2.27. The monoisotopic (exact) mass is 266 g/mol. The quantitative estimate of drug-likeness (QED) is 0.531. The van der Waals surface area contributed by atoms with E-state index in [0.29, 0.717) is 5.41 Å². The summed E-state index contributed by atoms with van der Waals surface area (Å²) in [5.41, 5.74) is 0.509. The lowest BCUT2D eigenvalue weighted by Gasteiger charge is -2.30. The number of hydrogen-bond donors (Lipinski definition) is 0. The first-order valence-corrected chi connectivity index (χ1v) is 5.84. The van der Waals surface area contributed by atoms with Gasteiger partial charge in [0.25, 0.3) is 0 Å². The molecule has 2 heteroatoms. The van der Waals surface area contributed by atoms with Crippen LogP contribution in [0, 0.1) is 5.41 Å². The average molecular weight is 268 g/mol. The van der Waals surface area contributed by atoms with E-state index in [1.54, 1.807) is 0 Å². The van der Waals surface area contributed by atoms with Crippen LogP contribution in [-0.4, -0.2) is 10.7 Å². The van der Waals surface area contributed by atoms with Crippen molar-refractivity contribution in [2.24, 2.45) is 5.41 Å². The van der Waals surface area contributed by atoms with Crippen molar-refractivity contribution in [1.29, 1.82) is 0 Å². The van der Waals surface area contributed by atoms with Crippen LogP contribution < -0.4 is 0 Å². The van der Waals surface area contributed by atoms with E-state index < -0.39 is 0 Å². The smallest absolute Gasteiger partial charge is 0.00990 e. The SMILES string of the molecule is BrCC1(CBr)CC=CCC1. The third-order valence-electron chi connectivity index (χ3n) is 2.13. The van der Waals surface area contributed by atoms with Gasteiger partial charge in [0.2, 0.25) is 0 Å². The van der Waals surface area contributed by atoms with Crippen molar-refractivity contribution >= 4 is 31.9 Å². The zero-order chi connectivity index (χ0) is 7.45. The number of rotatable bonds is 2. The fraction of sp³-hybridized carbons (Fsp3) is 0.750. The summed E-state index contributed by atoms with van der Waals surface area (Å²) in [4.78, 5) is 0. The molecule has 58 valence electrons. The highest BCUT2D eigenvalue weighted by molar-refractivity contribution is 9.09. The van der Waals surface area contributed by atoms with Crippen LogP contribution in [0.25, 0.3) is 0 Å². The molecule has 0 N–H and O–H groups in total. The van der Waals surface area contributed by atoms with E-state index >= 15 is 0 Å². The summed E-state index contributed by atoms with van der Waals surface area (Å²) >= 11 is 7.13. The van der Waals surface area contributed by atoms with E-state index in [9.17, 15) is 0 Å². The summed E-state index contributed by atoms with van der Waals surface area (Å²) in [6.45, 7) is 0. The first kappa shape index (κ1) is 8.79. The molecule has 0 aromatic heterocycles. The second kappa shape index (κ2) is 3.91. The van der Waals surface area contributed by atoms with Gasteiger partial charge in [-0.05, 0) is 24.7 Å². The molecule has 0 aliphatic heterocycles. The lowest BCUT2D eigenvalue weighted by atomic mass is 9.81. The third kappa shape index (κ3) is 1.85. The number of allylic oxidation sites excluding steroid dienone is 2. The predicted octanol–water partition coefficient (Wildman–Crippen LogP) is 3.50. The van der Waals surface area contributed by atoms with Crippen LogP contribution in [-0.2, 0) is 0 Å². The minimum atomic E-state index is 0.509. The van der Waals surface area contributed by atoms with Crippen LogP contribution >= 0.6 is 31.9 Å². The molecule has 0 saturated carbocycles. The number of alkyl halides is 2. The molecule has 0 atom stereocenters. The fourth-order valence-corrected chi connectivity index (χ4v) is 3.17. The molecule has 0 aromatic carbocycles. The Morgan fingerprint density at radius 1 is 1.20 bits per heavy atom. The summed E-state index contributed by atoms with van der Waals surface area (Å²) in [6.07, 6.45) is 8.37. The van der Waals surface area contributed by atoms with Crippen molar-refractivity contribution < 1.29 is 0 Å². The summed E-state index contributed by atoms with van der Waals surface area (Å²) < 4.78 is 0. The molecule has 0 amide bonds.